The molecule has 0 aliphatic carbocycles. The molecule has 0 fully saturated rings. The number of aryl methyl sites for hydroxylation is 1. The lowest BCUT2D eigenvalue weighted by Gasteiger charge is -2.27. The standard InChI is InChI=1S/C16H22N4S/c1-3-6-17-9-14-10-18-16(19-12(14)2)20-7-4-15-13(11-20)5-8-21-15/h5,8,10,17H,3-4,6-7,9,11H2,1-2H3. The zero-order valence-corrected chi connectivity index (χ0v) is 13.5. The number of nitrogens with one attached hydrogen (secondary N) is 1. The van der Waals surface area contributed by atoms with Crippen LogP contribution in [0.3, 0.4) is 0 Å². The Morgan fingerprint density at radius 2 is 2.33 bits per heavy atom. The van der Waals surface area contributed by atoms with Gasteiger partial charge in [-0.25, -0.2) is 9.97 Å². The highest BCUT2D eigenvalue weighted by atomic mass is 32.1. The van der Waals surface area contributed by atoms with Crippen molar-refractivity contribution in [1.29, 1.82) is 0 Å². The monoisotopic (exact) mass is 302 g/mol. The van der Waals surface area contributed by atoms with E-state index in [1.54, 1.807) is 0 Å². The molecule has 0 aromatic carbocycles. The molecule has 112 valence electrons. The fraction of sp³-hybridized carbons (Fsp3) is 0.500. The minimum Gasteiger partial charge on any atom is -0.336 e. The third-order valence-electron chi connectivity index (χ3n) is 3.90. The number of hydrogen-bond donors (Lipinski definition) is 1. The molecule has 3 heterocycles. The molecule has 2 aromatic heterocycles. The number of aromatic nitrogens is 2. The number of anilines is 1. The Labute approximate surface area is 130 Å². The van der Waals surface area contributed by atoms with E-state index in [1.165, 1.54) is 16.0 Å². The molecule has 1 N–H and O–H groups in total. The van der Waals surface area contributed by atoms with Gasteiger partial charge in [-0.3, -0.25) is 0 Å². The Kier molecular flexibility index (Phi) is 4.51. The fourth-order valence-corrected chi connectivity index (χ4v) is 3.51. The van der Waals surface area contributed by atoms with E-state index in [9.17, 15) is 0 Å². The molecule has 0 amide bonds. The lowest BCUT2D eigenvalue weighted by molar-refractivity contribution is 0.664. The molecular weight excluding hydrogens is 280 g/mol. The van der Waals surface area contributed by atoms with E-state index < -0.39 is 0 Å². The number of fused-ring (bicyclic) bond motifs is 1. The highest BCUT2D eigenvalue weighted by molar-refractivity contribution is 7.10. The van der Waals surface area contributed by atoms with Crippen LogP contribution in [0.4, 0.5) is 5.95 Å². The van der Waals surface area contributed by atoms with E-state index in [0.29, 0.717) is 0 Å². The summed E-state index contributed by atoms with van der Waals surface area (Å²) in [4.78, 5) is 13.1. The summed E-state index contributed by atoms with van der Waals surface area (Å²) in [5.41, 5.74) is 3.71. The van der Waals surface area contributed by atoms with Gasteiger partial charge in [0.1, 0.15) is 0 Å². The molecule has 0 atom stereocenters. The van der Waals surface area contributed by atoms with Gasteiger partial charge in [0, 0.05) is 42.0 Å². The van der Waals surface area contributed by atoms with Crippen LogP contribution in [0, 0.1) is 6.92 Å². The summed E-state index contributed by atoms with van der Waals surface area (Å²) in [5.74, 6) is 0.864. The van der Waals surface area contributed by atoms with E-state index in [2.05, 4.69) is 40.5 Å². The smallest absolute Gasteiger partial charge is 0.225 e. The van der Waals surface area contributed by atoms with Crippen molar-refractivity contribution in [2.75, 3.05) is 18.0 Å². The molecule has 0 unspecified atom stereocenters. The van der Waals surface area contributed by atoms with Gasteiger partial charge in [-0.1, -0.05) is 6.92 Å². The average Bonchev–Trinajstić information content (AvgIpc) is 2.96. The first-order valence-corrected chi connectivity index (χ1v) is 8.49. The van der Waals surface area contributed by atoms with Crippen LogP contribution in [-0.4, -0.2) is 23.1 Å². The van der Waals surface area contributed by atoms with E-state index in [0.717, 1.165) is 50.7 Å². The second kappa shape index (κ2) is 6.54. The van der Waals surface area contributed by atoms with Gasteiger partial charge in [0.25, 0.3) is 0 Å². The second-order valence-electron chi connectivity index (χ2n) is 5.50. The average molecular weight is 302 g/mol. The van der Waals surface area contributed by atoms with E-state index in [-0.39, 0.29) is 0 Å². The van der Waals surface area contributed by atoms with Gasteiger partial charge < -0.3 is 10.2 Å². The van der Waals surface area contributed by atoms with Crippen LogP contribution in [-0.2, 0) is 19.5 Å². The normalized spacial score (nSPS) is 14.3. The summed E-state index contributed by atoms with van der Waals surface area (Å²) < 4.78 is 0. The number of nitrogens with zero attached hydrogens (tertiary/aromatic N) is 3. The summed E-state index contributed by atoms with van der Waals surface area (Å²) in [6.45, 7) is 8.09. The first kappa shape index (κ1) is 14.5. The van der Waals surface area contributed by atoms with Crippen LogP contribution in [0.1, 0.15) is 35.0 Å². The number of hydrogen-bond acceptors (Lipinski definition) is 5. The third kappa shape index (κ3) is 3.24. The van der Waals surface area contributed by atoms with Crippen LogP contribution in [0.15, 0.2) is 17.6 Å². The molecule has 0 saturated heterocycles. The molecule has 2 aromatic rings. The van der Waals surface area contributed by atoms with Crippen molar-refractivity contribution in [3.05, 3.63) is 39.3 Å². The highest BCUT2D eigenvalue weighted by Crippen LogP contribution is 2.26. The van der Waals surface area contributed by atoms with Gasteiger partial charge >= 0.3 is 0 Å². The minimum atomic E-state index is 0.856. The number of thiophene rings is 1. The highest BCUT2D eigenvalue weighted by Gasteiger charge is 2.19. The molecule has 0 spiro atoms. The maximum absolute atomic E-state index is 4.71. The molecule has 1 aliphatic rings. The van der Waals surface area contributed by atoms with Crippen molar-refractivity contribution in [2.45, 2.75) is 39.8 Å². The predicted octanol–water partition coefficient (Wildman–Crippen LogP) is 2.91. The Morgan fingerprint density at radius 1 is 1.43 bits per heavy atom. The van der Waals surface area contributed by atoms with Crippen molar-refractivity contribution in [2.24, 2.45) is 0 Å². The molecule has 0 saturated carbocycles. The lowest BCUT2D eigenvalue weighted by atomic mass is 10.1. The topological polar surface area (TPSA) is 41.1 Å². The van der Waals surface area contributed by atoms with Crippen LogP contribution < -0.4 is 10.2 Å². The molecule has 4 nitrogen and oxygen atoms in total. The Bertz CT molecular complexity index is 608. The zero-order chi connectivity index (χ0) is 14.7. The summed E-state index contributed by atoms with van der Waals surface area (Å²) in [7, 11) is 0. The van der Waals surface area contributed by atoms with Gasteiger partial charge in [-0.15, -0.1) is 11.3 Å². The van der Waals surface area contributed by atoms with Crippen molar-refractivity contribution in [1.82, 2.24) is 15.3 Å². The largest absolute Gasteiger partial charge is 0.336 e. The van der Waals surface area contributed by atoms with Crippen molar-refractivity contribution in [3.8, 4) is 0 Å². The summed E-state index contributed by atoms with van der Waals surface area (Å²) >= 11 is 1.86. The second-order valence-corrected chi connectivity index (χ2v) is 6.50. The predicted molar refractivity (Wildman–Crippen MR) is 87.8 cm³/mol. The summed E-state index contributed by atoms with van der Waals surface area (Å²) in [5, 5.41) is 5.59. The molecule has 3 rings (SSSR count). The van der Waals surface area contributed by atoms with Crippen molar-refractivity contribution in [3.63, 3.8) is 0 Å². The lowest BCUT2D eigenvalue weighted by Crippen LogP contribution is -2.31. The molecule has 0 bridgehead atoms. The van der Waals surface area contributed by atoms with Crippen LogP contribution in [0.2, 0.25) is 0 Å². The molecule has 0 radical (unpaired) electrons. The van der Waals surface area contributed by atoms with Gasteiger partial charge in [0.2, 0.25) is 5.95 Å². The van der Waals surface area contributed by atoms with Crippen LogP contribution in [0.5, 0.6) is 0 Å². The molecule has 5 heteroatoms. The molecule has 21 heavy (non-hydrogen) atoms. The van der Waals surface area contributed by atoms with Gasteiger partial charge in [-0.05, 0) is 43.3 Å². The Hall–Kier alpha value is -1.46. The SMILES string of the molecule is CCCNCc1cnc(N2CCc3sccc3C2)nc1C. The molecule has 1 aliphatic heterocycles. The quantitative estimate of drug-likeness (QED) is 0.862. The van der Waals surface area contributed by atoms with Gasteiger partial charge in [0.05, 0.1) is 0 Å². The van der Waals surface area contributed by atoms with Crippen molar-refractivity contribution >= 4 is 17.3 Å². The van der Waals surface area contributed by atoms with Crippen molar-refractivity contribution < 1.29 is 0 Å². The van der Waals surface area contributed by atoms with Crippen LogP contribution in [0.25, 0.3) is 0 Å². The van der Waals surface area contributed by atoms with Gasteiger partial charge in [-0.2, -0.15) is 0 Å². The third-order valence-corrected chi connectivity index (χ3v) is 4.92. The van der Waals surface area contributed by atoms with E-state index in [1.807, 2.05) is 17.5 Å². The Morgan fingerprint density at radius 3 is 3.14 bits per heavy atom. The van der Waals surface area contributed by atoms with E-state index in [4.69, 9.17) is 4.98 Å². The zero-order valence-electron chi connectivity index (χ0n) is 12.7. The maximum atomic E-state index is 4.71. The summed E-state index contributed by atoms with van der Waals surface area (Å²) in [6.07, 6.45) is 4.23. The molecular formula is C16H22N4S. The van der Waals surface area contributed by atoms with Gasteiger partial charge in [0.15, 0.2) is 0 Å². The maximum Gasteiger partial charge on any atom is 0.225 e. The first-order chi connectivity index (χ1) is 10.3. The Balaban J connectivity index is 1.71. The first-order valence-electron chi connectivity index (χ1n) is 7.61. The fourth-order valence-electron chi connectivity index (χ4n) is 2.62. The van der Waals surface area contributed by atoms with E-state index >= 15 is 0 Å². The van der Waals surface area contributed by atoms with Crippen LogP contribution >= 0.6 is 11.3 Å². The minimum absolute atomic E-state index is 0.856. The summed E-state index contributed by atoms with van der Waals surface area (Å²) in [6, 6.07) is 2.22. The number of rotatable bonds is 5.